The zero-order valence-electron chi connectivity index (χ0n) is 10.1. The van der Waals surface area contributed by atoms with Gasteiger partial charge in [-0.15, -0.1) is 0 Å². The van der Waals surface area contributed by atoms with Crippen LogP contribution in [0.3, 0.4) is 0 Å². The summed E-state index contributed by atoms with van der Waals surface area (Å²) in [5.41, 5.74) is 9.47. The van der Waals surface area contributed by atoms with Crippen molar-refractivity contribution in [3.8, 4) is 0 Å². The molecular formula is C15H12BrN3. The van der Waals surface area contributed by atoms with Crippen molar-refractivity contribution >= 4 is 43.9 Å². The number of hydrogen-bond donors (Lipinski definition) is 2. The molecule has 1 aromatic heterocycles. The van der Waals surface area contributed by atoms with Crippen molar-refractivity contribution in [2.75, 3.05) is 11.1 Å². The van der Waals surface area contributed by atoms with Gasteiger partial charge in [0.1, 0.15) is 0 Å². The van der Waals surface area contributed by atoms with E-state index in [-0.39, 0.29) is 0 Å². The molecule has 0 aliphatic carbocycles. The summed E-state index contributed by atoms with van der Waals surface area (Å²) in [7, 11) is 0. The van der Waals surface area contributed by atoms with E-state index in [9.17, 15) is 0 Å². The van der Waals surface area contributed by atoms with Crippen LogP contribution in [-0.2, 0) is 0 Å². The Morgan fingerprint density at radius 3 is 2.74 bits per heavy atom. The van der Waals surface area contributed by atoms with Crippen LogP contribution in [0.15, 0.2) is 59.2 Å². The van der Waals surface area contributed by atoms with Crippen LogP contribution in [0.1, 0.15) is 0 Å². The Kier molecular flexibility index (Phi) is 3.09. The molecule has 0 aliphatic rings. The molecule has 1 heterocycles. The lowest BCUT2D eigenvalue weighted by Crippen LogP contribution is -1.95. The van der Waals surface area contributed by atoms with Gasteiger partial charge in [-0.2, -0.15) is 0 Å². The molecule has 0 bridgehead atoms. The number of nitrogens with one attached hydrogen (secondary N) is 1. The minimum atomic E-state index is 0.690. The lowest BCUT2D eigenvalue weighted by atomic mass is 10.1. The van der Waals surface area contributed by atoms with Crippen LogP contribution in [-0.4, -0.2) is 4.98 Å². The van der Waals surface area contributed by atoms with E-state index >= 15 is 0 Å². The fourth-order valence-corrected chi connectivity index (χ4v) is 2.43. The Bertz CT molecular complexity index is 740. The second-order valence-corrected chi connectivity index (χ2v) is 5.15. The molecule has 0 saturated carbocycles. The third kappa shape index (κ3) is 2.39. The molecule has 0 spiro atoms. The Morgan fingerprint density at radius 2 is 1.89 bits per heavy atom. The molecule has 0 radical (unpaired) electrons. The number of nitrogen functional groups attached to an aromatic ring is 1. The Morgan fingerprint density at radius 1 is 1.05 bits per heavy atom. The monoisotopic (exact) mass is 313 g/mol. The highest BCUT2D eigenvalue weighted by Gasteiger charge is 2.04. The van der Waals surface area contributed by atoms with Gasteiger partial charge in [0.25, 0.3) is 0 Å². The fourth-order valence-electron chi connectivity index (χ4n) is 2.03. The highest BCUT2D eigenvalue weighted by atomic mass is 79.9. The second-order valence-electron chi connectivity index (χ2n) is 4.24. The third-order valence-corrected chi connectivity index (χ3v) is 3.40. The van der Waals surface area contributed by atoms with Crippen LogP contribution in [0, 0.1) is 0 Å². The van der Waals surface area contributed by atoms with E-state index in [1.165, 1.54) is 0 Å². The van der Waals surface area contributed by atoms with E-state index in [0.29, 0.717) is 5.69 Å². The van der Waals surface area contributed by atoms with Crippen molar-refractivity contribution in [2.45, 2.75) is 0 Å². The van der Waals surface area contributed by atoms with Gasteiger partial charge in [0.05, 0.1) is 11.2 Å². The lowest BCUT2D eigenvalue weighted by molar-refractivity contribution is 1.40. The second kappa shape index (κ2) is 4.90. The predicted octanol–water partition coefficient (Wildman–Crippen LogP) is 4.32. The first-order valence-corrected chi connectivity index (χ1v) is 6.69. The van der Waals surface area contributed by atoms with Gasteiger partial charge in [-0.1, -0.05) is 34.1 Å². The summed E-state index contributed by atoms with van der Waals surface area (Å²) < 4.78 is 1.04. The Hall–Kier alpha value is -2.07. The maximum atomic E-state index is 5.94. The van der Waals surface area contributed by atoms with Gasteiger partial charge in [-0.05, 0) is 30.3 Å². The standard InChI is InChI=1S/C15H12BrN3/c16-10-3-1-4-11(9-10)19-14-7-8-18-15-12(14)5-2-6-13(15)17/h1-9H,17H2,(H,18,19). The third-order valence-electron chi connectivity index (χ3n) is 2.91. The highest BCUT2D eigenvalue weighted by molar-refractivity contribution is 9.10. The maximum Gasteiger partial charge on any atom is 0.0951 e. The summed E-state index contributed by atoms with van der Waals surface area (Å²) in [5.74, 6) is 0. The van der Waals surface area contributed by atoms with Gasteiger partial charge >= 0.3 is 0 Å². The number of aromatic nitrogens is 1. The summed E-state index contributed by atoms with van der Waals surface area (Å²) in [4.78, 5) is 4.33. The molecule has 0 fully saturated rings. The maximum absolute atomic E-state index is 5.94. The highest BCUT2D eigenvalue weighted by Crippen LogP contribution is 2.28. The quantitative estimate of drug-likeness (QED) is 0.693. The number of anilines is 3. The van der Waals surface area contributed by atoms with Crippen LogP contribution in [0.25, 0.3) is 10.9 Å². The van der Waals surface area contributed by atoms with Crippen LogP contribution in [0.2, 0.25) is 0 Å². The Labute approximate surface area is 119 Å². The molecule has 19 heavy (non-hydrogen) atoms. The first-order chi connectivity index (χ1) is 9.24. The molecule has 3 aromatic rings. The van der Waals surface area contributed by atoms with Crippen molar-refractivity contribution in [1.82, 2.24) is 4.98 Å². The Balaban J connectivity index is 2.08. The summed E-state index contributed by atoms with van der Waals surface area (Å²) in [5, 5.41) is 4.41. The molecule has 4 heteroatoms. The van der Waals surface area contributed by atoms with Gasteiger partial charge in [0.15, 0.2) is 0 Å². The fraction of sp³-hybridized carbons (Fsp3) is 0. The number of nitrogens with two attached hydrogens (primary N) is 1. The molecule has 0 amide bonds. The summed E-state index contributed by atoms with van der Waals surface area (Å²) in [6.07, 6.45) is 1.76. The summed E-state index contributed by atoms with van der Waals surface area (Å²) in [6, 6.07) is 15.8. The average molecular weight is 314 g/mol. The van der Waals surface area contributed by atoms with Crippen LogP contribution >= 0.6 is 15.9 Å². The molecule has 3 nitrogen and oxygen atoms in total. The van der Waals surface area contributed by atoms with Crippen molar-refractivity contribution in [1.29, 1.82) is 0 Å². The van der Waals surface area contributed by atoms with Gasteiger partial charge in [0.2, 0.25) is 0 Å². The molecule has 3 rings (SSSR count). The van der Waals surface area contributed by atoms with Gasteiger partial charge < -0.3 is 11.1 Å². The molecule has 3 N–H and O–H groups in total. The molecule has 0 unspecified atom stereocenters. The van der Waals surface area contributed by atoms with Crippen molar-refractivity contribution in [3.05, 3.63) is 59.2 Å². The van der Waals surface area contributed by atoms with Crippen molar-refractivity contribution in [2.24, 2.45) is 0 Å². The zero-order chi connectivity index (χ0) is 13.2. The first-order valence-electron chi connectivity index (χ1n) is 5.90. The smallest absolute Gasteiger partial charge is 0.0951 e. The normalized spacial score (nSPS) is 10.6. The zero-order valence-corrected chi connectivity index (χ0v) is 11.7. The van der Waals surface area contributed by atoms with Gasteiger partial charge in [-0.25, -0.2) is 0 Å². The van der Waals surface area contributed by atoms with Crippen LogP contribution in [0.4, 0.5) is 17.1 Å². The SMILES string of the molecule is Nc1cccc2c(Nc3cccc(Br)c3)ccnc12. The molecule has 2 aromatic carbocycles. The topological polar surface area (TPSA) is 50.9 Å². The number of benzene rings is 2. The molecule has 0 saturated heterocycles. The number of halogens is 1. The molecule has 0 aliphatic heterocycles. The van der Waals surface area contributed by atoms with E-state index in [1.807, 2.05) is 48.5 Å². The van der Waals surface area contributed by atoms with Crippen LogP contribution in [0.5, 0.6) is 0 Å². The van der Waals surface area contributed by atoms with Crippen LogP contribution < -0.4 is 11.1 Å². The number of fused-ring (bicyclic) bond motifs is 1. The van der Waals surface area contributed by atoms with Crippen molar-refractivity contribution < 1.29 is 0 Å². The summed E-state index contributed by atoms with van der Waals surface area (Å²) >= 11 is 3.46. The molecule has 0 atom stereocenters. The van der Waals surface area contributed by atoms with E-state index in [0.717, 1.165) is 26.8 Å². The summed E-state index contributed by atoms with van der Waals surface area (Å²) in [6.45, 7) is 0. The number of para-hydroxylation sites is 1. The number of pyridine rings is 1. The van der Waals surface area contributed by atoms with E-state index in [4.69, 9.17) is 5.73 Å². The number of rotatable bonds is 2. The van der Waals surface area contributed by atoms with E-state index < -0.39 is 0 Å². The van der Waals surface area contributed by atoms with Gasteiger partial charge in [-0.3, -0.25) is 4.98 Å². The minimum absolute atomic E-state index is 0.690. The molecular weight excluding hydrogens is 302 g/mol. The number of hydrogen-bond acceptors (Lipinski definition) is 3. The largest absolute Gasteiger partial charge is 0.397 e. The van der Waals surface area contributed by atoms with Crippen molar-refractivity contribution in [3.63, 3.8) is 0 Å². The first kappa shape index (κ1) is 12.0. The van der Waals surface area contributed by atoms with E-state index in [2.05, 4.69) is 26.2 Å². The average Bonchev–Trinajstić information content (AvgIpc) is 2.40. The lowest BCUT2D eigenvalue weighted by Gasteiger charge is -2.10. The minimum Gasteiger partial charge on any atom is -0.397 e. The number of nitrogens with zero attached hydrogens (tertiary/aromatic N) is 1. The predicted molar refractivity (Wildman–Crippen MR) is 83.6 cm³/mol. The van der Waals surface area contributed by atoms with Gasteiger partial charge in [0, 0.05) is 27.4 Å². The molecule has 94 valence electrons. The van der Waals surface area contributed by atoms with E-state index in [1.54, 1.807) is 6.20 Å².